The minimum atomic E-state index is -0.981. The number of hydrogen-bond donors (Lipinski definition) is 3. The van der Waals surface area contributed by atoms with Gasteiger partial charge in [-0.3, -0.25) is 9.59 Å². The van der Waals surface area contributed by atoms with Crippen LogP contribution in [0.15, 0.2) is 18.2 Å². The van der Waals surface area contributed by atoms with Gasteiger partial charge in [0.2, 0.25) is 0 Å². The number of anilines is 1. The van der Waals surface area contributed by atoms with Crippen LogP contribution in [0.1, 0.15) is 23.7 Å². The Bertz CT molecular complexity index is 463. The van der Waals surface area contributed by atoms with E-state index in [-0.39, 0.29) is 17.8 Å². The van der Waals surface area contributed by atoms with E-state index in [1.165, 1.54) is 12.1 Å². The number of carboxylic acid groups (broad SMARTS) is 1. The summed E-state index contributed by atoms with van der Waals surface area (Å²) in [5.41, 5.74) is 5.20. The fraction of sp³-hybridized carbons (Fsp3) is 0.333. The third kappa shape index (κ3) is 3.19. The molecule has 0 spiro atoms. The summed E-state index contributed by atoms with van der Waals surface area (Å²) >= 11 is 0. The summed E-state index contributed by atoms with van der Waals surface area (Å²) in [5.74, 6) is -2.90. The Morgan fingerprint density at radius 3 is 2.72 bits per heavy atom. The van der Waals surface area contributed by atoms with E-state index in [1.807, 2.05) is 0 Å². The predicted octanol–water partition coefficient (Wildman–Crippen LogP) is 1.25. The van der Waals surface area contributed by atoms with Crippen LogP contribution in [0.25, 0.3) is 0 Å². The number of rotatable bonds is 5. The SMILES string of the molecule is CCC(CNC(=O)c1cccc(F)c1N)C(=O)O. The Kier molecular flexibility index (Phi) is 4.65. The molecule has 1 amide bonds. The Morgan fingerprint density at radius 2 is 2.17 bits per heavy atom. The van der Waals surface area contributed by atoms with Crippen molar-refractivity contribution in [1.82, 2.24) is 5.32 Å². The predicted molar refractivity (Wildman–Crippen MR) is 64.6 cm³/mol. The molecule has 0 radical (unpaired) electrons. The van der Waals surface area contributed by atoms with Crippen molar-refractivity contribution in [2.45, 2.75) is 13.3 Å². The Labute approximate surface area is 104 Å². The van der Waals surface area contributed by atoms with Crippen molar-refractivity contribution in [3.8, 4) is 0 Å². The average Bonchev–Trinajstić information content (AvgIpc) is 2.32. The van der Waals surface area contributed by atoms with Gasteiger partial charge in [0.1, 0.15) is 5.82 Å². The van der Waals surface area contributed by atoms with Crippen molar-refractivity contribution in [1.29, 1.82) is 0 Å². The molecular weight excluding hydrogens is 239 g/mol. The van der Waals surface area contributed by atoms with E-state index in [9.17, 15) is 14.0 Å². The maximum absolute atomic E-state index is 13.1. The second-order valence-electron chi connectivity index (χ2n) is 3.85. The highest BCUT2D eigenvalue weighted by Crippen LogP contribution is 2.15. The van der Waals surface area contributed by atoms with Gasteiger partial charge in [0.25, 0.3) is 5.91 Å². The number of amides is 1. The summed E-state index contributed by atoms with van der Waals surface area (Å²) < 4.78 is 13.1. The molecule has 0 bridgehead atoms. The minimum absolute atomic E-state index is 0.00948. The van der Waals surface area contributed by atoms with E-state index in [0.29, 0.717) is 6.42 Å². The third-order valence-electron chi connectivity index (χ3n) is 2.65. The highest BCUT2D eigenvalue weighted by Gasteiger charge is 2.18. The molecule has 5 nitrogen and oxygen atoms in total. The summed E-state index contributed by atoms with van der Waals surface area (Å²) in [5, 5.41) is 11.3. The monoisotopic (exact) mass is 254 g/mol. The second kappa shape index (κ2) is 6.00. The zero-order chi connectivity index (χ0) is 13.7. The summed E-state index contributed by atoms with van der Waals surface area (Å²) in [6, 6.07) is 3.91. The molecule has 0 saturated carbocycles. The number of para-hydroxylation sites is 1. The van der Waals surface area contributed by atoms with E-state index in [1.54, 1.807) is 6.92 Å². The lowest BCUT2D eigenvalue weighted by Gasteiger charge is -2.12. The van der Waals surface area contributed by atoms with Crippen LogP contribution in [0.5, 0.6) is 0 Å². The van der Waals surface area contributed by atoms with Gasteiger partial charge in [-0.1, -0.05) is 13.0 Å². The number of aliphatic carboxylic acids is 1. The largest absolute Gasteiger partial charge is 0.481 e. The van der Waals surface area contributed by atoms with Gasteiger partial charge in [0.15, 0.2) is 0 Å². The zero-order valence-electron chi connectivity index (χ0n) is 9.94. The molecule has 0 aliphatic rings. The Morgan fingerprint density at radius 1 is 1.50 bits per heavy atom. The minimum Gasteiger partial charge on any atom is -0.481 e. The van der Waals surface area contributed by atoms with Crippen LogP contribution in [0.2, 0.25) is 0 Å². The van der Waals surface area contributed by atoms with Crippen LogP contribution < -0.4 is 11.1 Å². The fourth-order valence-corrected chi connectivity index (χ4v) is 1.45. The molecule has 0 heterocycles. The third-order valence-corrected chi connectivity index (χ3v) is 2.65. The average molecular weight is 254 g/mol. The molecule has 18 heavy (non-hydrogen) atoms. The number of nitrogens with two attached hydrogens (primary N) is 1. The zero-order valence-corrected chi connectivity index (χ0v) is 9.94. The van der Waals surface area contributed by atoms with Crippen LogP contribution in [0, 0.1) is 11.7 Å². The summed E-state index contributed by atoms with van der Waals surface area (Å²) in [4.78, 5) is 22.5. The maximum Gasteiger partial charge on any atom is 0.308 e. The molecule has 1 unspecified atom stereocenters. The van der Waals surface area contributed by atoms with Gasteiger partial charge in [0, 0.05) is 6.54 Å². The first-order valence-electron chi connectivity index (χ1n) is 5.52. The second-order valence-corrected chi connectivity index (χ2v) is 3.85. The van der Waals surface area contributed by atoms with Crippen LogP contribution in [-0.2, 0) is 4.79 Å². The topological polar surface area (TPSA) is 92.4 Å². The molecule has 1 rings (SSSR count). The van der Waals surface area contributed by atoms with Crippen molar-refractivity contribution < 1.29 is 19.1 Å². The number of carbonyl (C=O) groups excluding carboxylic acids is 1. The molecule has 1 aromatic rings. The van der Waals surface area contributed by atoms with Gasteiger partial charge in [0.05, 0.1) is 17.2 Å². The summed E-state index contributed by atoms with van der Waals surface area (Å²) in [7, 11) is 0. The van der Waals surface area contributed by atoms with Crippen LogP contribution in [0.4, 0.5) is 10.1 Å². The molecule has 1 aromatic carbocycles. The van der Waals surface area contributed by atoms with E-state index < -0.39 is 23.6 Å². The molecular formula is C12H15FN2O3. The normalized spacial score (nSPS) is 11.9. The molecule has 4 N–H and O–H groups in total. The van der Waals surface area contributed by atoms with Gasteiger partial charge in [-0.15, -0.1) is 0 Å². The van der Waals surface area contributed by atoms with Crippen molar-refractivity contribution >= 4 is 17.6 Å². The molecule has 98 valence electrons. The highest BCUT2D eigenvalue weighted by molar-refractivity contribution is 5.99. The molecule has 0 aromatic heterocycles. The van der Waals surface area contributed by atoms with Crippen molar-refractivity contribution in [3.05, 3.63) is 29.6 Å². The van der Waals surface area contributed by atoms with Crippen LogP contribution in [-0.4, -0.2) is 23.5 Å². The molecule has 0 fully saturated rings. The number of carbonyl (C=O) groups is 2. The van der Waals surface area contributed by atoms with Gasteiger partial charge in [-0.05, 0) is 18.6 Å². The standard InChI is InChI=1S/C12H15FN2O3/c1-2-7(12(17)18)6-15-11(16)8-4-3-5-9(13)10(8)14/h3-5,7H,2,6,14H2,1H3,(H,15,16)(H,17,18). The Balaban J connectivity index is 2.71. The molecule has 0 saturated heterocycles. The molecule has 1 atom stereocenters. The van der Waals surface area contributed by atoms with Crippen LogP contribution >= 0.6 is 0 Å². The number of nitrogen functional groups attached to an aromatic ring is 1. The number of halogens is 1. The lowest BCUT2D eigenvalue weighted by Crippen LogP contribution is -2.33. The van der Waals surface area contributed by atoms with Gasteiger partial charge < -0.3 is 16.2 Å². The fourth-order valence-electron chi connectivity index (χ4n) is 1.45. The number of carboxylic acids is 1. The quantitative estimate of drug-likeness (QED) is 0.689. The smallest absolute Gasteiger partial charge is 0.308 e. The van der Waals surface area contributed by atoms with Crippen molar-refractivity contribution in [2.75, 3.05) is 12.3 Å². The first-order valence-corrected chi connectivity index (χ1v) is 5.52. The van der Waals surface area contributed by atoms with Gasteiger partial charge >= 0.3 is 5.97 Å². The maximum atomic E-state index is 13.1. The summed E-state index contributed by atoms with van der Waals surface area (Å²) in [6.45, 7) is 1.70. The van der Waals surface area contributed by atoms with Crippen molar-refractivity contribution in [3.63, 3.8) is 0 Å². The van der Waals surface area contributed by atoms with Gasteiger partial charge in [-0.2, -0.15) is 0 Å². The van der Waals surface area contributed by atoms with E-state index in [2.05, 4.69) is 5.32 Å². The first kappa shape index (κ1) is 14.0. The lowest BCUT2D eigenvalue weighted by molar-refractivity contribution is -0.141. The number of benzene rings is 1. The molecule has 0 aliphatic heterocycles. The highest BCUT2D eigenvalue weighted by atomic mass is 19.1. The van der Waals surface area contributed by atoms with E-state index >= 15 is 0 Å². The summed E-state index contributed by atoms with van der Waals surface area (Å²) in [6.07, 6.45) is 0.397. The number of nitrogens with one attached hydrogen (secondary N) is 1. The number of hydrogen-bond acceptors (Lipinski definition) is 3. The molecule has 0 aliphatic carbocycles. The van der Waals surface area contributed by atoms with E-state index in [0.717, 1.165) is 6.07 Å². The van der Waals surface area contributed by atoms with Gasteiger partial charge in [-0.25, -0.2) is 4.39 Å². The first-order chi connectivity index (χ1) is 8.47. The Hall–Kier alpha value is -2.11. The lowest BCUT2D eigenvalue weighted by atomic mass is 10.1. The van der Waals surface area contributed by atoms with Crippen molar-refractivity contribution in [2.24, 2.45) is 5.92 Å². The molecule has 6 heteroatoms. The van der Waals surface area contributed by atoms with E-state index in [4.69, 9.17) is 10.8 Å². The van der Waals surface area contributed by atoms with Crippen LogP contribution in [0.3, 0.4) is 0 Å².